The molecular weight excluding hydrogens is 280 g/mol. The number of para-hydroxylation sites is 1. The molecule has 4 nitrogen and oxygen atoms in total. The fourth-order valence-electron chi connectivity index (χ4n) is 1.97. The normalized spacial score (nSPS) is 10.1. The van der Waals surface area contributed by atoms with Gasteiger partial charge in [0.05, 0.1) is 12.2 Å². The number of hydrogen-bond donors (Lipinski definition) is 0. The minimum Gasteiger partial charge on any atom is -0.493 e. The van der Waals surface area contributed by atoms with Crippen LogP contribution in [0.15, 0.2) is 42.5 Å². The van der Waals surface area contributed by atoms with E-state index in [1.165, 1.54) is 0 Å². The Hall–Kier alpha value is -2.62. The van der Waals surface area contributed by atoms with Crippen LogP contribution >= 0.6 is 0 Å². The summed E-state index contributed by atoms with van der Waals surface area (Å²) in [6.45, 7) is 4.40. The smallest absolute Gasteiger partial charge is 0.347 e. The maximum Gasteiger partial charge on any atom is 0.347 e. The van der Waals surface area contributed by atoms with Crippen molar-refractivity contribution in [3.05, 3.63) is 59.2 Å². The molecule has 0 aromatic heterocycles. The van der Waals surface area contributed by atoms with Crippen LogP contribution in [0, 0.1) is 6.92 Å². The predicted molar refractivity (Wildman–Crippen MR) is 83.8 cm³/mol. The zero-order chi connectivity index (χ0) is 15.9. The van der Waals surface area contributed by atoms with Crippen LogP contribution in [0.5, 0.6) is 11.5 Å². The number of hydrogen-bond acceptors (Lipinski definition) is 4. The summed E-state index contributed by atoms with van der Waals surface area (Å²) in [7, 11) is 0. The van der Waals surface area contributed by atoms with Crippen LogP contribution < -0.4 is 9.47 Å². The number of carbonyl (C=O) groups excluding carboxylic acids is 2. The summed E-state index contributed by atoms with van der Waals surface area (Å²) >= 11 is 0. The van der Waals surface area contributed by atoms with Crippen LogP contribution in [0.3, 0.4) is 0 Å². The third-order valence-electron chi connectivity index (χ3n) is 3.07. The zero-order valence-corrected chi connectivity index (χ0v) is 12.7. The van der Waals surface area contributed by atoms with Gasteiger partial charge < -0.3 is 9.47 Å². The highest BCUT2D eigenvalue weighted by Gasteiger charge is 2.16. The number of aldehydes is 1. The molecule has 0 bridgehead atoms. The van der Waals surface area contributed by atoms with Crippen molar-refractivity contribution in [1.29, 1.82) is 0 Å². The third kappa shape index (κ3) is 3.73. The van der Waals surface area contributed by atoms with E-state index < -0.39 is 5.97 Å². The summed E-state index contributed by atoms with van der Waals surface area (Å²) in [5.41, 5.74) is 1.62. The first-order valence-corrected chi connectivity index (χ1v) is 7.15. The molecule has 0 aliphatic carbocycles. The van der Waals surface area contributed by atoms with Crippen molar-refractivity contribution >= 4 is 12.3 Å². The van der Waals surface area contributed by atoms with E-state index in [0.717, 1.165) is 12.0 Å². The topological polar surface area (TPSA) is 52.6 Å². The van der Waals surface area contributed by atoms with Gasteiger partial charge in [0.15, 0.2) is 6.29 Å². The summed E-state index contributed by atoms with van der Waals surface area (Å²) < 4.78 is 10.9. The molecule has 0 radical (unpaired) electrons. The van der Waals surface area contributed by atoms with Gasteiger partial charge in [-0.3, -0.25) is 4.79 Å². The van der Waals surface area contributed by atoms with Crippen molar-refractivity contribution in [3.63, 3.8) is 0 Å². The van der Waals surface area contributed by atoms with Gasteiger partial charge in [-0.25, -0.2) is 4.79 Å². The summed E-state index contributed by atoms with van der Waals surface area (Å²) in [6, 6.07) is 12.0. The van der Waals surface area contributed by atoms with E-state index in [9.17, 15) is 9.59 Å². The van der Waals surface area contributed by atoms with Crippen molar-refractivity contribution in [2.24, 2.45) is 0 Å². The lowest BCUT2D eigenvalue weighted by molar-refractivity contribution is 0.0729. The molecule has 4 heteroatoms. The molecule has 0 fully saturated rings. The molecule has 0 heterocycles. The molecule has 22 heavy (non-hydrogen) atoms. The highest BCUT2D eigenvalue weighted by molar-refractivity contribution is 5.95. The van der Waals surface area contributed by atoms with Crippen molar-refractivity contribution in [1.82, 2.24) is 0 Å². The number of ether oxygens (including phenoxy) is 2. The Bertz CT molecular complexity index is 677. The van der Waals surface area contributed by atoms with Crippen LogP contribution in [0.25, 0.3) is 0 Å². The van der Waals surface area contributed by atoms with E-state index in [-0.39, 0.29) is 5.75 Å². The van der Waals surface area contributed by atoms with Gasteiger partial charge >= 0.3 is 5.97 Å². The molecule has 0 N–H and O–H groups in total. The monoisotopic (exact) mass is 298 g/mol. The lowest BCUT2D eigenvalue weighted by atomic mass is 10.1. The first-order valence-electron chi connectivity index (χ1n) is 7.15. The molecule has 0 saturated heterocycles. The summed E-state index contributed by atoms with van der Waals surface area (Å²) in [4.78, 5) is 23.4. The highest BCUT2D eigenvalue weighted by atomic mass is 16.5. The second-order valence-corrected chi connectivity index (χ2v) is 4.89. The Morgan fingerprint density at radius 2 is 1.91 bits per heavy atom. The average molecular weight is 298 g/mol. The lowest BCUT2D eigenvalue weighted by Gasteiger charge is -2.12. The highest BCUT2D eigenvalue weighted by Crippen LogP contribution is 2.24. The molecule has 0 saturated carbocycles. The van der Waals surface area contributed by atoms with Crippen molar-refractivity contribution in [2.45, 2.75) is 20.3 Å². The molecule has 2 aromatic carbocycles. The molecule has 0 aliphatic rings. The van der Waals surface area contributed by atoms with E-state index in [1.54, 1.807) is 36.4 Å². The Morgan fingerprint density at radius 1 is 1.14 bits per heavy atom. The standard InChI is InChI=1S/C18H18O4/c1-3-10-21-17-9-8-13(2)11-15(17)18(20)22-16-7-5-4-6-14(16)12-19/h4-9,11-12H,3,10H2,1-2H3. The van der Waals surface area contributed by atoms with Gasteiger partial charge in [0.25, 0.3) is 0 Å². The second kappa shape index (κ2) is 7.41. The van der Waals surface area contributed by atoms with E-state index >= 15 is 0 Å². The van der Waals surface area contributed by atoms with Crippen LogP contribution in [0.4, 0.5) is 0 Å². The number of benzene rings is 2. The first-order chi connectivity index (χ1) is 10.7. The Morgan fingerprint density at radius 3 is 2.64 bits per heavy atom. The average Bonchev–Trinajstić information content (AvgIpc) is 2.54. The fraction of sp³-hybridized carbons (Fsp3) is 0.222. The molecule has 0 amide bonds. The SMILES string of the molecule is CCCOc1ccc(C)cc1C(=O)Oc1ccccc1C=O. The summed E-state index contributed by atoms with van der Waals surface area (Å²) in [5.74, 6) is 0.190. The zero-order valence-electron chi connectivity index (χ0n) is 12.7. The van der Waals surface area contributed by atoms with Crippen LogP contribution in [0.1, 0.15) is 39.6 Å². The maximum atomic E-state index is 12.4. The molecule has 0 unspecified atom stereocenters. The predicted octanol–water partition coefficient (Wildman–Crippen LogP) is 3.82. The Kier molecular flexibility index (Phi) is 5.31. The van der Waals surface area contributed by atoms with Crippen molar-refractivity contribution < 1.29 is 19.1 Å². The third-order valence-corrected chi connectivity index (χ3v) is 3.07. The number of carbonyl (C=O) groups is 2. The van der Waals surface area contributed by atoms with Gasteiger partial charge in [0.2, 0.25) is 0 Å². The molecule has 0 aliphatic heterocycles. The quantitative estimate of drug-likeness (QED) is 0.462. The van der Waals surface area contributed by atoms with Crippen LogP contribution in [0.2, 0.25) is 0 Å². The van der Waals surface area contributed by atoms with Gasteiger partial charge in [-0.2, -0.15) is 0 Å². The number of esters is 1. The van der Waals surface area contributed by atoms with Gasteiger partial charge in [-0.15, -0.1) is 0 Å². The van der Waals surface area contributed by atoms with E-state index in [4.69, 9.17) is 9.47 Å². The molecule has 0 spiro atoms. The van der Waals surface area contributed by atoms with Gasteiger partial charge in [-0.05, 0) is 37.6 Å². The minimum absolute atomic E-state index is 0.241. The minimum atomic E-state index is -0.538. The maximum absolute atomic E-state index is 12.4. The van der Waals surface area contributed by atoms with E-state index in [0.29, 0.717) is 29.8 Å². The van der Waals surface area contributed by atoms with Gasteiger partial charge in [0.1, 0.15) is 17.1 Å². The summed E-state index contributed by atoms with van der Waals surface area (Å²) in [5, 5.41) is 0. The Labute approximate surface area is 129 Å². The van der Waals surface area contributed by atoms with Crippen molar-refractivity contribution in [3.8, 4) is 11.5 Å². The van der Waals surface area contributed by atoms with E-state index in [2.05, 4.69) is 0 Å². The summed E-state index contributed by atoms with van der Waals surface area (Å²) in [6.07, 6.45) is 1.50. The van der Waals surface area contributed by atoms with Gasteiger partial charge in [-0.1, -0.05) is 30.7 Å². The molecule has 114 valence electrons. The molecule has 2 rings (SSSR count). The molecule has 2 aromatic rings. The van der Waals surface area contributed by atoms with Crippen LogP contribution in [-0.4, -0.2) is 18.9 Å². The van der Waals surface area contributed by atoms with Gasteiger partial charge in [0, 0.05) is 0 Å². The van der Waals surface area contributed by atoms with Crippen molar-refractivity contribution in [2.75, 3.05) is 6.61 Å². The second-order valence-electron chi connectivity index (χ2n) is 4.89. The number of rotatable bonds is 6. The molecular formula is C18H18O4. The molecule has 0 atom stereocenters. The lowest BCUT2D eigenvalue weighted by Crippen LogP contribution is -2.12. The van der Waals surface area contributed by atoms with Crippen LogP contribution in [-0.2, 0) is 0 Å². The van der Waals surface area contributed by atoms with E-state index in [1.807, 2.05) is 19.9 Å². The number of aryl methyl sites for hydroxylation is 1. The largest absolute Gasteiger partial charge is 0.493 e. The first kappa shape index (κ1) is 15.8. The Balaban J connectivity index is 2.28. The fourth-order valence-corrected chi connectivity index (χ4v) is 1.97.